The fourth-order valence-corrected chi connectivity index (χ4v) is 2.43. The second-order valence-electron chi connectivity index (χ2n) is 3.80. The summed E-state index contributed by atoms with van der Waals surface area (Å²) in [7, 11) is 0. The Hall–Kier alpha value is -1.33. The molecule has 17 heavy (non-hydrogen) atoms. The van der Waals surface area contributed by atoms with Crippen molar-refractivity contribution in [2.24, 2.45) is 0 Å². The molecule has 1 unspecified atom stereocenters. The van der Waals surface area contributed by atoms with Crippen molar-refractivity contribution < 1.29 is 13.9 Å². The number of aromatic nitrogens is 1. The molecular formula is C12H11F2NOS. The number of rotatable bonds is 2. The highest BCUT2D eigenvalue weighted by Crippen LogP contribution is 2.31. The summed E-state index contributed by atoms with van der Waals surface area (Å²) in [6.45, 7) is 3.23. The number of halogens is 2. The maximum atomic E-state index is 13.8. The zero-order valence-electron chi connectivity index (χ0n) is 9.37. The molecule has 1 aromatic heterocycles. The van der Waals surface area contributed by atoms with Gasteiger partial charge >= 0.3 is 0 Å². The standard InChI is InChI=1S/C12H11F2NOS/c1-6-3-4-8(13)9(10(6)14)11(16)12-7(2)15-5-17-12/h3-5,11,16H,1-2H3. The van der Waals surface area contributed by atoms with Gasteiger partial charge in [-0.25, -0.2) is 13.8 Å². The van der Waals surface area contributed by atoms with Gasteiger partial charge in [-0.3, -0.25) is 0 Å². The summed E-state index contributed by atoms with van der Waals surface area (Å²) in [4.78, 5) is 4.42. The average Bonchev–Trinajstić information content (AvgIpc) is 2.70. The van der Waals surface area contributed by atoms with Crippen LogP contribution in [0.1, 0.15) is 27.8 Å². The van der Waals surface area contributed by atoms with E-state index in [1.54, 1.807) is 12.4 Å². The van der Waals surface area contributed by atoms with Crippen LogP contribution in [0.25, 0.3) is 0 Å². The summed E-state index contributed by atoms with van der Waals surface area (Å²) in [6.07, 6.45) is -1.30. The highest BCUT2D eigenvalue weighted by atomic mass is 32.1. The van der Waals surface area contributed by atoms with Crippen molar-refractivity contribution in [3.8, 4) is 0 Å². The first-order chi connectivity index (χ1) is 8.02. The first-order valence-corrected chi connectivity index (χ1v) is 5.93. The number of aliphatic hydroxyl groups excluding tert-OH is 1. The van der Waals surface area contributed by atoms with Gasteiger partial charge in [0.2, 0.25) is 0 Å². The van der Waals surface area contributed by atoms with E-state index in [0.717, 1.165) is 6.07 Å². The molecule has 0 bridgehead atoms. The lowest BCUT2D eigenvalue weighted by molar-refractivity contribution is 0.211. The fraction of sp³-hybridized carbons (Fsp3) is 0.250. The monoisotopic (exact) mass is 255 g/mol. The average molecular weight is 255 g/mol. The molecule has 0 aliphatic rings. The van der Waals surface area contributed by atoms with E-state index in [2.05, 4.69) is 4.98 Å². The van der Waals surface area contributed by atoms with Crippen LogP contribution in [0, 0.1) is 25.5 Å². The van der Waals surface area contributed by atoms with Crippen LogP contribution in [0.3, 0.4) is 0 Å². The van der Waals surface area contributed by atoms with Crippen molar-refractivity contribution >= 4 is 11.3 Å². The topological polar surface area (TPSA) is 33.1 Å². The van der Waals surface area contributed by atoms with Crippen molar-refractivity contribution in [3.05, 3.63) is 51.0 Å². The molecule has 2 nitrogen and oxygen atoms in total. The van der Waals surface area contributed by atoms with Gasteiger partial charge in [0.05, 0.1) is 21.6 Å². The number of aliphatic hydroxyl groups is 1. The second-order valence-corrected chi connectivity index (χ2v) is 4.68. The van der Waals surface area contributed by atoms with Crippen LogP contribution in [0.15, 0.2) is 17.6 Å². The minimum atomic E-state index is -1.30. The zero-order valence-corrected chi connectivity index (χ0v) is 10.2. The van der Waals surface area contributed by atoms with Crippen molar-refractivity contribution in [2.45, 2.75) is 20.0 Å². The van der Waals surface area contributed by atoms with Crippen LogP contribution in [-0.4, -0.2) is 10.1 Å². The number of hydrogen-bond donors (Lipinski definition) is 1. The van der Waals surface area contributed by atoms with Gasteiger partial charge in [-0.15, -0.1) is 11.3 Å². The smallest absolute Gasteiger partial charge is 0.135 e. The Morgan fingerprint density at radius 3 is 2.59 bits per heavy atom. The fourth-order valence-electron chi connectivity index (χ4n) is 1.63. The van der Waals surface area contributed by atoms with Gasteiger partial charge in [0.25, 0.3) is 0 Å². The number of thiazole rings is 1. The van der Waals surface area contributed by atoms with E-state index >= 15 is 0 Å². The van der Waals surface area contributed by atoms with E-state index in [1.807, 2.05) is 0 Å². The lowest BCUT2D eigenvalue weighted by Gasteiger charge is -2.13. The third-order valence-corrected chi connectivity index (χ3v) is 3.61. The van der Waals surface area contributed by atoms with Crippen LogP contribution < -0.4 is 0 Å². The van der Waals surface area contributed by atoms with Crippen LogP contribution >= 0.6 is 11.3 Å². The summed E-state index contributed by atoms with van der Waals surface area (Å²) in [5.41, 5.74) is 2.13. The maximum Gasteiger partial charge on any atom is 0.135 e. The first-order valence-electron chi connectivity index (χ1n) is 5.05. The van der Waals surface area contributed by atoms with E-state index in [4.69, 9.17) is 0 Å². The molecule has 0 fully saturated rings. The Labute approximate surface area is 102 Å². The summed E-state index contributed by atoms with van der Waals surface area (Å²) >= 11 is 1.18. The van der Waals surface area contributed by atoms with E-state index < -0.39 is 17.7 Å². The minimum absolute atomic E-state index is 0.308. The van der Waals surface area contributed by atoms with Crippen LogP contribution in [-0.2, 0) is 0 Å². The van der Waals surface area contributed by atoms with Crippen LogP contribution in [0.4, 0.5) is 8.78 Å². The molecular weight excluding hydrogens is 244 g/mol. The molecule has 0 amide bonds. The predicted octanol–water partition coefficient (Wildman–Crippen LogP) is 3.12. The SMILES string of the molecule is Cc1ccc(F)c(C(O)c2scnc2C)c1F. The largest absolute Gasteiger partial charge is 0.383 e. The van der Waals surface area contributed by atoms with Gasteiger partial charge in [-0.2, -0.15) is 0 Å². The van der Waals surface area contributed by atoms with Crippen LogP contribution in [0.5, 0.6) is 0 Å². The molecule has 1 N–H and O–H groups in total. The number of nitrogens with zero attached hydrogens (tertiary/aromatic N) is 1. The van der Waals surface area contributed by atoms with E-state index in [1.165, 1.54) is 24.3 Å². The third kappa shape index (κ3) is 2.08. The highest BCUT2D eigenvalue weighted by molar-refractivity contribution is 7.09. The lowest BCUT2D eigenvalue weighted by Crippen LogP contribution is -2.07. The second kappa shape index (κ2) is 4.50. The van der Waals surface area contributed by atoms with E-state index in [9.17, 15) is 13.9 Å². The Morgan fingerprint density at radius 2 is 2.00 bits per heavy atom. The van der Waals surface area contributed by atoms with Gasteiger partial charge in [0.15, 0.2) is 0 Å². The molecule has 0 spiro atoms. The maximum absolute atomic E-state index is 13.8. The molecule has 0 aliphatic heterocycles. The Bertz CT molecular complexity index is 553. The molecule has 0 saturated heterocycles. The molecule has 0 aliphatic carbocycles. The van der Waals surface area contributed by atoms with Crippen molar-refractivity contribution in [1.82, 2.24) is 4.98 Å². The van der Waals surface area contributed by atoms with Crippen molar-refractivity contribution in [3.63, 3.8) is 0 Å². The number of benzene rings is 1. The molecule has 2 rings (SSSR count). The molecule has 2 aromatic rings. The summed E-state index contributed by atoms with van der Waals surface area (Å²) in [6, 6.07) is 2.51. The Morgan fingerprint density at radius 1 is 1.29 bits per heavy atom. The predicted molar refractivity (Wildman–Crippen MR) is 62.0 cm³/mol. The van der Waals surface area contributed by atoms with Gasteiger partial charge < -0.3 is 5.11 Å². The van der Waals surface area contributed by atoms with Gasteiger partial charge in [0.1, 0.15) is 17.7 Å². The summed E-state index contributed by atoms with van der Waals surface area (Å²) < 4.78 is 27.4. The van der Waals surface area contributed by atoms with Crippen LogP contribution in [0.2, 0.25) is 0 Å². The molecule has 0 saturated carbocycles. The minimum Gasteiger partial charge on any atom is -0.383 e. The molecule has 0 radical (unpaired) electrons. The quantitative estimate of drug-likeness (QED) is 0.894. The lowest BCUT2D eigenvalue weighted by atomic mass is 10.0. The normalized spacial score (nSPS) is 12.8. The van der Waals surface area contributed by atoms with E-state index in [0.29, 0.717) is 16.1 Å². The number of hydrogen-bond acceptors (Lipinski definition) is 3. The van der Waals surface area contributed by atoms with E-state index in [-0.39, 0.29) is 5.56 Å². The Balaban J connectivity index is 2.55. The molecule has 5 heteroatoms. The highest BCUT2D eigenvalue weighted by Gasteiger charge is 2.23. The molecule has 1 aromatic carbocycles. The summed E-state index contributed by atoms with van der Waals surface area (Å²) in [5.74, 6) is -1.45. The first kappa shape index (κ1) is 12.1. The molecule has 90 valence electrons. The van der Waals surface area contributed by atoms with Crippen molar-refractivity contribution in [2.75, 3.05) is 0 Å². The Kier molecular flexibility index (Phi) is 3.22. The summed E-state index contributed by atoms with van der Waals surface area (Å²) in [5, 5.41) is 10.0. The van der Waals surface area contributed by atoms with Gasteiger partial charge in [-0.1, -0.05) is 6.07 Å². The van der Waals surface area contributed by atoms with Gasteiger partial charge in [-0.05, 0) is 25.5 Å². The van der Waals surface area contributed by atoms with Crippen molar-refractivity contribution in [1.29, 1.82) is 0 Å². The zero-order chi connectivity index (χ0) is 12.6. The molecule has 1 atom stereocenters. The molecule has 1 heterocycles. The van der Waals surface area contributed by atoms with Gasteiger partial charge in [0, 0.05) is 0 Å². The third-order valence-electron chi connectivity index (χ3n) is 2.62. The number of aryl methyl sites for hydroxylation is 2.